The Bertz CT molecular complexity index is 53.6. The molecule has 1 heteroatoms. The van der Waals surface area contributed by atoms with Crippen LogP contribution in [0.5, 0.6) is 0 Å². The third-order valence-corrected chi connectivity index (χ3v) is 1.69. The molecule has 1 nitrogen and oxygen atoms in total. The summed E-state index contributed by atoms with van der Waals surface area (Å²) < 4.78 is 0. The number of rotatable bonds is 4. The van der Waals surface area contributed by atoms with Crippen molar-refractivity contribution in [3.05, 3.63) is 0 Å². The Morgan fingerprint density at radius 2 is 1.33 bits per heavy atom. The Morgan fingerprint density at radius 3 is 1.56 bits per heavy atom. The highest BCUT2D eigenvalue weighted by Gasteiger charge is 2.03. The zero-order chi connectivity index (χ0) is 7.28. The van der Waals surface area contributed by atoms with Crippen molar-refractivity contribution in [3.63, 3.8) is 0 Å². The number of hydrogen-bond acceptors (Lipinski definition) is 0. The van der Waals surface area contributed by atoms with E-state index >= 15 is 0 Å². The predicted octanol–water partition coefficient (Wildman–Crippen LogP) is 2.19. The average molecular weight is 128 g/mol. The maximum Gasteiger partial charge on any atom is 0.0218 e. The summed E-state index contributed by atoms with van der Waals surface area (Å²) in [5.41, 5.74) is 0. The van der Waals surface area contributed by atoms with E-state index in [0.29, 0.717) is 12.1 Å². The first-order valence-electron chi connectivity index (χ1n) is 3.90. The van der Waals surface area contributed by atoms with E-state index in [2.05, 4.69) is 33.0 Å². The molecule has 0 N–H and O–H groups in total. The topological polar surface area (TPSA) is 14.1 Å². The van der Waals surface area contributed by atoms with Crippen molar-refractivity contribution in [1.82, 2.24) is 5.32 Å². The highest BCUT2D eigenvalue weighted by Crippen LogP contribution is 1.96. The molecule has 0 saturated heterocycles. The van der Waals surface area contributed by atoms with Crippen LogP contribution in [0.15, 0.2) is 0 Å². The molecule has 0 rings (SSSR count). The molecule has 2 atom stereocenters. The van der Waals surface area contributed by atoms with Gasteiger partial charge in [0.2, 0.25) is 0 Å². The number of hydrogen-bond donors (Lipinski definition) is 0. The van der Waals surface area contributed by atoms with Crippen molar-refractivity contribution in [2.24, 2.45) is 0 Å². The second kappa shape index (κ2) is 4.80. The van der Waals surface area contributed by atoms with E-state index in [-0.39, 0.29) is 0 Å². The summed E-state index contributed by atoms with van der Waals surface area (Å²) in [6, 6.07) is 1.11. The van der Waals surface area contributed by atoms with E-state index in [1.165, 1.54) is 12.8 Å². The lowest BCUT2D eigenvalue weighted by atomic mass is 10.2. The molecule has 0 aromatic heterocycles. The fourth-order valence-corrected chi connectivity index (χ4v) is 0.645. The van der Waals surface area contributed by atoms with Crippen LogP contribution in [-0.4, -0.2) is 12.1 Å². The molecule has 0 amide bonds. The highest BCUT2D eigenvalue weighted by atomic mass is 14.9. The number of nitrogens with zero attached hydrogens (tertiary/aromatic N) is 1. The summed E-state index contributed by atoms with van der Waals surface area (Å²) in [6.07, 6.45) is 2.34. The van der Waals surface area contributed by atoms with E-state index in [4.69, 9.17) is 0 Å². The van der Waals surface area contributed by atoms with Crippen LogP contribution in [0.4, 0.5) is 0 Å². The lowest BCUT2D eigenvalue weighted by molar-refractivity contribution is 0.438. The zero-order valence-electron chi connectivity index (χ0n) is 7.02. The zero-order valence-corrected chi connectivity index (χ0v) is 7.02. The Labute approximate surface area is 58.8 Å². The third-order valence-electron chi connectivity index (χ3n) is 1.69. The quantitative estimate of drug-likeness (QED) is 0.551. The van der Waals surface area contributed by atoms with Crippen molar-refractivity contribution in [1.29, 1.82) is 0 Å². The monoisotopic (exact) mass is 128 g/mol. The van der Waals surface area contributed by atoms with Crippen molar-refractivity contribution < 1.29 is 0 Å². The summed E-state index contributed by atoms with van der Waals surface area (Å²) in [7, 11) is 0. The molecule has 0 spiro atoms. The average Bonchev–Trinajstić information content (AvgIpc) is 1.87. The first kappa shape index (κ1) is 8.96. The fraction of sp³-hybridized carbons (Fsp3) is 1.00. The molecule has 1 radical (unpaired) electrons. The molecule has 0 saturated carbocycles. The third kappa shape index (κ3) is 4.46. The first-order chi connectivity index (χ1) is 4.20. The van der Waals surface area contributed by atoms with Gasteiger partial charge in [0, 0.05) is 12.1 Å². The summed E-state index contributed by atoms with van der Waals surface area (Å²) in [5.74, 6) is 0. The van der Waals surface area contributed by atoms with Crippen molar-refractivity contribution in [3.8, 4) is 0 Å². The van der Waals surface area contributed by atoms with Crippen LogP contribution in [-0.2, 0) is 0 Å². The van der Waals surface area contributed by atoms with Crippen LogP contribution in [0.25, 0.3) is 0 Å². The first-order valence-corrected chi connectivity index (χ1v) is 3.90. The van der Waals surface area contributed by atoms with E-state index in [0.717, 1.165) is 0 Å². The molecule has 0 fully saturated rings. The SMILES string of the molecule is CCC(C)[N]C(C)CC. The normalized spacial score (nSPS) is 17.3. The van der Waals surface area contributed by atoms with Crippen LogP contribution in [0.1, 0.15) is 40.5 Å². The van der Waals surface area contributed by atoms with E-state index in [1.807, 2.05) is 0 Å². The minimum atomic E-state index is 0.556. The lowest BCUT2D eigenvalue weighted by Gasteiger charge is -2.13. The molecule has 2 unspecified atom stereocenters. The second-order valence-corrected chi connectivity index (χ2v) is 2.66. The van der Waals surface area contributed by atoms with Gasteiger partial charge in [-0.05, 0) is 26.7 Å². The van der Waals surface area contributed by atoms with Gasteiger partial charge in [-0.3, -0.25) is 0 Å². The van der Waals surface area contributed by atoms with Crippen molar-refractivity contribution >= 4 is 0 Å². The van der Waals surface area contributed by atoms with Gasteiger partial charge in [-0.1, -0.05) is 13.8 Å². The minimum absolute atomic E-state index is 0.556. The largest absolute Gasteiger partial charge is 0.236 e. The van der Waals surface area contributed by atoms with Gasteiger partial charge in [0.25, 0.3) is 0 Å². The van der Waals surface area contributed by atoms with Gasteiger partial charge < -0.3 is 0 Å². The van der Waals surface area contributed by atoms with Crippen molar-refractivity contribution in [2.45, 2.75) is 52.6 Å². The Kier molecular flexibility index (Phi) is 4.78. The van der Waals surface area contributed by atoms with E-state index < -0.39 is 0 Å². The Hall–Kier alpha value is -0.0400. The van der Waals surface area contributed by atoms with Crippen LogP contribution in [0, 0.1) is 0 Å². The second-order valence-electron chi connectivity index (χ2n) is 2.66. The van der Waals surface area contributed by atoms with Crippen molar-refractivity contribution in [2.75, 3.05) is 0 Å². The molecule has 0 bridgehead atoms. The molecule has 0 aromatic carbocycles. The van der Waals surface area contributed by atoms with Crippen LogP contribution >= 0.6 is 0 Å². The Balaban J connectivity index is 3.22. The maximum atomic E-state index is 4.51. The maximum absolute atomic E-state index is 4.51. The highest BCUT2D eigenvalue weighted by molar-refractivity contribution is 4.62. The summed E-state index contributed by atoms with van der Waals surface area (Å²) in [5, 5.41) is 4.51. The molecule has 0 aliphatic rings. The minimum Gasteiger partial charge on any atom is -0.236 e. The molecular weight excluding hydrogens is 110 g/mol. The summed E-state index contributed by atoms with van der Waals surface area (Å²) in [4.78, 5) is 0. The van der Waals surface area contributed by atoms with E-state index in [9.17, 15) is 0 Å². The molecule has 0 aromatic rings. The molecule has 9 heavy (non-hydrogen) atoms. The molecule has 0 aliphatic carbocycles. The van der Waals surface area contributed by atoms with Gasteiger partial charge in [-0.25, -0.2) is 5.32 Å². The van der Waals surface area contributed by atoms with Gasteiger partial charge in [0.05, 0.1) is 0 Å². The predicted molar refractivity (Wildman–Crippen MR) is 41.6 cm³/mol. The summed E-state index contributed by atoms with van der Waals surface area (Å²) in [6.45, 7) is 8.70. The standard InChI is InChI=1S/C8H18N/c1-5-7(3)9-8(4)6-2/h7-8H,5-6H2,1-4H3. The van der Waals surface area contributed by atoms with Gasteiger partial charge in [-0.15, -0.1) is 0 Å². The van der Waals surface area contributed by atoms with Crippen LogP contribution in [0.3, 0.4) is 0 Å². The van der Waals surface area contributed by atoms with Gasteiger partial charge in [-0.2, -0.15) is 0 Å². The smallest absolute Gasteiger partial charge is 0.0218 e. The fourth-order valence-electron chi connectivity index (χ4n) is 0.645. The lowest BCUT2D eigenvalue weighted by Crippen LogP contribution is -2.25. The van der Waals surface area contributed by atoms with Gasteiger partial charge in [0.15, 0.2) is 0 Å². The van der Waals surface area contributed by atoms with Gasteiger partial charge >= 0.3 is 0 Å². The van der Waals surface area contributed by atoms with E-state index in [1.54, 1.807) is 0 Å². The van der Waals surface area contributed by atoms with Crippen LogP contribution < -0.4 is 5.32 Å². The Morgan fingerprint density at radius 1 is 1.00 bits per heavy atom. The van der Waals surface area contributed by atoms with Crippen LogP contribution in [0.2, 0.25) is 0 Å². The molecule has 55 valence electrons. The van der Waals surface area contributed by atoms with Gasteiger partial charge in [0.1, 0.15) is 0 Å². The molecule has 0 heterocycles. The summed E-state index contributed by atoms with van der Waals surface area (Å²) >= 11 is 0. The molecule has 0 aliphatic heterocycles. The molecular formula is C8H18N.